The van der Waals surface area contributed by atoms with E-state index in [9.17, 15) is 0 Å². The first-order valence-electron chi connectivity index (χ1n) is 9.20. The molecule has 132 valence electrons. The number of hydrogen-bond acceptors (Lipinski definition) is 5. The molecule has 4 rings (SSSR count). The summed E-state index contributed by atoms with van der Waals surface area (Å²) in [6.07, 6.45) is 3.95. The fraction of sp³-hybridized carbons (Fsp3) is 0.526. The van der Waals surface area contributed by atoms with Gasteiger partial charge in [-0.05, 0) is 12.0 Å². The average molecular weight is 339 g/mol. The van der Waals surface area contributed by atoms with Gasteiger partial charge in [-0.25, -0.2) is 0 Å². The maximum atomic E-state index is 5.57. The molecule has 0 saturated carbocycles. The summed E-state index contributed by atoms with van der Waals surface area (Å²) in [7, 11) is 0. The summed E-state index contributed by atoms with van der Waals surface area (Å²) in [4.78, 5) is 8.04. The van der Waals surface area contributed by atoms with Crippen molar-refractivity contribution in [2.75, 3.05) is 19.6 Å². The first-order chi connectivity index (χ1) is 12.3. The zero-order chi connectivity index (χ0) is 17.1. The molecule has 6 nitrogen and oxygen atoms in total. The Bertz CT molecular complexity index is 740. The van der Waals surface area contributed by atoms with Gasteiger partial charge in [0.15, 0.2) is 0 Å². The predicted molar refractivity (Wildman–Crippen MR) is 96.6 cm³/mol. The van der Waals surface area contributed by atoms with Gasteiger partial charge in [0, 0.05) is 45.4 Å². The standard InChI is InChI=1S/C19H25N5O/c1-2-16-13-17(25-22-16)14-23-9-8-18-20-21-19(24(18)11-10-23)12-15-6-4-3-5-7-15/h3-7,17H,2,8-14H2,1H3/t17-/m0/s1. The Labute approximate surface area is 148 Å². The van der Waals surface area contributed by atoms with Gasteiger partial charge in [-0.1, -0.05) is 42.4 Å². The lowest BCUT2D eigenvalue weighted by Crippen LogP contribution is -2.35. The summed E-state index contributed by atoms with van der Waals surface area (Å²) < 4.78 is 2.30. The van der Waals surface area contributed by atoms with Gasteiger partial charge in [0.2, 0.25) is 0 Å². The maximum absolute atomic E-state index is 5.57. The lowest BCUT2D eigenvalue weighted by molar-refractivity contribution is 0.0530. The largest absolute Gasteiger partial charge is 0.391 e. The van der Waals surface area contributed by atoms with Gasteiger partial charge in [-0.15, -0.1) is 10.2 Å². The molecule has 0 amide bonds. The molecule has 0 aliphatic carbocycles. The molecule has 2 aromatic rings. The Morgan fingerprint density at radius 3 is 2.80 bits per heavy atom. The number of rotatable bonds is 5. The van der Waals surface area contributed by atoms with Gasteiger partial charge in [0.05, 0.1) is 5.71 Å². The Hall–Kier alpha value is -2.21. The molecular weight excluding hydrogens is 314 g/mol. The third-order valence-corrected chi connectivity index (χ3v) is 5.06. The summed E-state index contributed by atoms with van der Waals surface area (Å²) in [5, 5.41) is 13.0. The van der Waals surface area contributed by atoms with Crippen LogP contribution in [0.4, 0.5) is 0 Å². The maximum Gasteiger partial charge on any atom is 0.145 e. The molecule has 2 aliphatic heterocycles. The highest BCUT2D eigenvalue weighted by atomic mass is 16.6. The van der Waals surface area contributed by atoms with Crippen molar-refractivity contribution in [3.05, 3.63) is 47.5 Å². The fourth-order valence-corrected chi connectivity index (χ4v) is 3.60. The summed E-state index contributed by atoms with van der Waals surface area (Å²) in [5.41, 5.74) is 2.46. The zero-order valence-corrected chi connectivity index (χ0v) is 14.8. The van der Waals surface area contributed by atoms with Crippen molar-refractivity contribution in [2.24, 2.45) is 5.16 Å². The molecule has 25 heavy (non-hydrogen) atoms. The molecule has 1 atom stereocenters. The molecule has 6 heteroatoms. The summed E-state index contributed by atoms with van der Waals surface area (Å²) in [6, 6.07) is 10.5. The van der Waals surface area contributed by atoms with E-state index in [-0.39, 0.29) is 6.10 Å². The molecule has 0 fully saturated rings. The quantitative estimate of drug-likeness (QED) is 0.839. The van der Waals surface area contributed by atoms with Crippen molar-refractivity contribution < 1.29 is 4.84 Å². The van der Waals surface area contributed by atoms with Crippen molar-refractivity contribution in [2.45, 2.75) is 45.3 Å². The van der Waals surface area contributed by atoms with Crippen LogP contribution in [0.1, 0.15) is 37.0 Å². The Kier molecular flexibility index (Phi) is 4.78. The number of aromatic nitrogens is 3. The fourth-order valence-electron chi connectivity index (χ4n) is 3.60. The monoisotopic (exact) mass is 339 g/mol. The molecule has 0 radical (unpaired) electrons. The van der Waals surface area contributed by atoms with Crippen molar-refractivity contribution in [1.29, 1.82) is 0 Å². The number of benzene rings is 1. The molecule has 3 heterocycles. The summed E-state index contributed by atoms with van der Waals surface area (Å²) >= 11 is 0. The van der Waals surface area contributed by atoms with E-state index in [1.165, 1.54) is 11.3 Å². The lowest BCUT2D eigenvalue weighted by Gasteiger charge is -2.22. The van der Waals surface area contributed by atoms with Crippen molar-refractivity contribution in [3.8, 4) is 0 Å². The molecule has 0 bridgehead atoms. The molecule has 1 aromatic carbocycles. The number of oxime groups is 1. The van der Waals surface area contributed by atoms with Gasteiger partial charge in [-0.2, -0.15) is 0 Å². The average Bonchev–Trinajstić information content (AvgIpc) is 3.19. The molecule has 0 N–H and O–H groups in total. The third kappa shape index (κ3) is 3.74. The Balaban J connectivity index is 1.38. The van der Waals surface area contributed by atoms with Crippen LogP contribution < -0.4 is 0 Å². The SMILES string of the molecule is CCC1=NO[C@H](CN2CCc3nnc(Cc4ccccc4)n3CC2)C1. The van der Waals surface area contributed by atoms with Crippen LogP contribution in [0.5, 0.6) is 0 Å². The minimum Gasteiger partial charge on any atom is -0.391 e. The highest BCUT2D eigenvalue weighted by Gasteiger charge is 2.25. The zero-order valence-electron chi connectivity index (χ0n) is 14.8. The first kappa shape index (κ1) is 16.3. The van der Waals surface area contributed by atoms with Crippen LogP contribution >= 0.6 is 0 Å². The van der Waals surface area contributed by atoms with E-state index in [0.717, 1.165) is 63.5 Å². The highest BCUT2D eigenvalue weighted by molar-refractivity contribution is 5.85. The minimum atomic E-state index is 0.210. The lowest BCUT2D eigenvalue weighted by atomic mass is 10.1. The van der Waals surface area contributed by atoms with Crippen molar-refractivity contribution in [3.63, 3.8) is 0 Å². The van der Waals surface area contributed by atoms with E-state index in [1.807, 2.05) is 6.07 Å². The summed E-state index contributed by atoms with van der Waals surface area (Å²) in [6.45, 7) is 6.04. The van der Waals surface area contributed by atoms with E-state index < -0.39 is 0 Å². The minimum absolute atomic E-state index is 0.210. The van der Waals surface area contributed by atoms with Crippen LogP contribution in [0.2, 0.25) is 0 Å². The molecular formula is C19H25N5O. The number of nitrogens with zero attached hydrogens (tertiary/aromatic N) is 5. The first-order valence-corrected chi connectivity index (χ1v) is 9.20. The number of hydrogen-bond donors (Lipinski definition) is 0. The Morgan fingerprint density at radius 2 is 2.00 bits per heavy atom. The van der Waals surface area contributed by atoms with E-state index in [4.69, 9.17) is 4.84 Å². The van der Waals surface area contributed by atoms with Gasteiger partial charge in [0.25, 0.3) is 0 Å². The normalized spacial score (nSPS) is 20.7. The Morgan fingerprint density at radius 1 is 1.12 bits per heavy atom. The van der Waals surface area contributed by atoms with Crippen LogP contribution in [-0.2, 0) is 24.2 Å². The van der Waals surface area contributed by atoms with Gasteiger partial charge >= 0.3 is 0 Å². The molecule has 1 aromatic heterocycles. The van der Waals surface area contributed by atoms with E-state index in [1.54, 1.807) is 0 Å². The van der Waals surface area contributed by atoms with E-state index in [0.29, 0.717) is 0 Å². The molecule has 0 saturated heterocycles. The summed E-state index contributed by atoms with van der Waals surface area (Å²) in [5.74, 6) is 2.17. The second-order valence-electron chi connectivity index (χ2n) is 6.84. The molecule has 0 spiro atoms. The van der Waals surface area contributed by atoms with Crippen LogP contribution in [0.25, 0.3) is 0 Å². The highest BCUT2D eigenvalue weighted by Crippen LogP contribution is 2.17. The third-order valence-electron chi connectivity index (χ3n) is 5.06. The van der Waals surface area contributed by atoms with Crippen LogP contribution in [-0.4, -0.2) is 51.1 Å². The second kappa shape index (κ2) is 7.35. The van der Waals surface area contributed by atoms with Gasteiger partial charge in [-0.3, -0.25) is 4.90 Å². The van der Waals surface area contributed by atoms with E-state index in [2.05, 4.69) is 56.0 Å². The van der Waals surface area contributed by atoms with Crippen molar-refractivity contribution >= 4 is 5.71 Å². The van der Waals surface area contributed by atoms with Gasteiger partial charge in [0.1, 0.15) is 17.8 Å². The van der Waals surface area contributed by atoms with Crippen LogP contribution in [0, 0.1) is 0 Å². The number of fused-ring (bicyclic) bond motifs is 1. The smallest absolute Gasteiger partial charge is 0.145 e. The second-order valence-corrected chi connectivity index (χ2v) is 6.84. The topological polar surface area (TPSA) is 55.5 Å². The van der Waals surface area contributed by atoms with Crippen LogP contribution in [0.3, 0.4) is 0 Å². The molecule has 0 unspecified atom stereocenters. The molecule has 2 aliphatic rings. The van der Waals surface area contributed by atoms with Crippen LogP contribution in [0.15, 0.2) is 35.5 Å². The predicted octanol–water partition coefficient (Wildman–Crippen LogP) is 2.28. The van der Waals surface area contributed by atoms with E-state index >= 15 is 0 Å². The van der Waals surface area contributed by atoms with Crippen molar-refractivity contribution in [1.82, 2.24) is 19.7 Å². The van der Waals surface area contributed by atoms with Gasteiger partial charge < -0.3 is 9.40 Å².